The van der Waals surface area contributed by atoms with Crippen LogP contribution in [-0.4, -0.2) is 24.8 Å². The van der Waals surface area contributed by atoms with Gasteiger partial charge in [0.25, 0.3) is 0 Å². The molecule has 1 N–H and O–H groups in total. The van der Waals surface area contributed by atoms with E-state index in [0.717, 1.165) is 16.9 Å². The summed E-state index contributed by atoms with van der Waals surface area (Å²) < 4.78 is 24.2. The van der Waals surface area contributed by atoms with Gasteiger partial charge in [-0.15, -0.1) is 11.3 Å². The van der Waals surface area contributed by atoms with Crippen LogP contribution in [0, 0.1) is 12.7 Å². The summed E-state index contributed by atoms with van der Waals surface area (Å²) in [6.07, 6.45) is -0.699. The first kappa shape index (κ1) is 18.9. The lowest BCUT2D eigenvalue weighted by Gasteiger charge is -2.19. The molecule has 134 valence electrons. The monoisotopic (exact) mass is 365 g/mol. The van der Waals surface area contributed by atoms with Crippen molar-refractivity contribution in [2.45, 2.75) is 33.3 Å². The van der Waals surface area contributed by atoms with Crippen LogP contribution in [0.5, 0.6) is 0 Å². The molecule has 0 atom stereocenters. The molecule has 0 aliphatic heterocycles. The maximum atomic E-state index is 14.2. The molecule has 2 aromatic rings. The lowest BCUT2D eigenvalue weighted by atomic mass is 10.1. The molecule has 1 heterocycles. The molecule has 0 aliphatic rings. The minimum atomic E-state index is -0.699. The standard InChI is InChI=1S/C18H20FNO4S/c1-10-6-7-11(13(19)8-10)14-9-12(16(21)23-5)15(25-14)20-17(22)24-18(2,3)4/h6-9H,1-5H3,(H,20,22). The van der Waals surface area contributed by atoms with Crippen LogP contribution in [0.15, 0.2) is 24.3 Å². The van der Waals surface area contributed by atoms with Gasteiger partial charge >= 0.3 is 12.1 Å². The van der Waals surface area contributed by atoms with E-state index < -0.39 is 23.5 Å². The molecular weight excluding hydrogens is 345 g/mol. The zero-order valence-corrected chi connectivity index (χ0v) is 15.5. The molecule has 0 bridgehead atoms. The molecule has 0 spiro atoms. The van der Waals surface area contributed by atoms with Crippen molar-refractivity contribution in [1.82, 2.24) is 0 Å². The highest BCUT2D eigenvalue weighted by atomic mass is 32.1. The van der Waals surface area contributed by atoms with Crippen LogP contribution in [0.1, 0.15) is 36.7 Å². The summed E-state index contributed by atoms with van der Waals surface area (Å²) in [5.41, 5.74) is 0.600. The van der Waals surface area contributed by atoms with Crippen molar-refractivity contribution in [3.8, 4) is 10.4 Å². The first-order chi connectivity index (χ1) is 11.6. The first-order valence-electron chi connectivity index (χ1n) is 7.59. The minimum absolute atomic E-state index is 0.147. The highest BCUT2D eigenvalue weighted by Gasteiger charge is 2.23. The van der Waals surface area contributed by atoms with Gasteiger partial charge in [0.05, 0.1) is 12.7 Å². The van der Waals surface area contributed by atoms with Crippen molar-refractivity contribution < 1.29 is 23.5 Å². The van der Waals surface area contributed by atoms with Crippen LogP contribution in [0.25, 0.3) is 10.4 Å². The maximum absolute atomic E-state index is 14.2. The molecular formula is C18H20FNO4S. The predicted molar refractivity (Wildman–Crippen MR) is 95.6 cm³/mol. The lowest BCUT2D eigenvalue weighted by Crippen LogP contribution is -2.27. The molecule has 1 aromatic carbocycles. The summed E-state index contributed by atoms with van der Waals surface area (Å²) in [6.45, 7) is 6.98. The molecule has 0 aliphatic carbocycles. The first-order valence-corrected chi connectivity index (χ1v) is 8.41. The number of anilines is 1. The summed E-state index contributed by atoms with van der Waals surface area (Å²) in [5, 5.41) is 2.78. The molecule has 0 fully saturated rings. The fraction of sp³-hybridized carbons (Fsp3) is 0.333. The number of aryl methyl sites for hydroxylation is 1. The summed E-state index contributed by atoms with van der Waals surface area (Å²) in [4.78, 5) is 24.5. The summed E-state index contributed by atoms with van der Waals surface area (Å²) in [6, 6.07) is 6.32. The Hall–Kier alpha value is -2.41. The molecule has 0 radical (unpaired) electrons. The average molecular weight is 365 g/mol. The van der Waals surface area contributed by atoms with Crippen molar-refractivity contribution in [2.24, 2.45) is 0 Å². The molecule has 7 heteroatoms. The largest absolute Gasteiger partial charge is 0.465 e. The van der Waals surface area contributed by atoms with E-state index in [4.69, 9.17) is 9.47 Å². The van der Waals surface area contributed by atoms with Gasteiger partial charge in [-0.05, 0) is 45.4 Å². The van der Waals surface area contributed by atoms with Gasteiger partial charge in [-0.25, -0.2) is 14.0 Å². The van der Waals surface area contributed by atoms with E-state index >= 15 is 0 Å². The van der Waals surface area contributed by atoms with E-state index in [2.05, 4.69) is 5.32 Å². The van der Waals surface area contributed by atoms with Crippen LogP contribution in [0.3, 0.4) is 0 Å². The summed E-state index contributed by atoms with van der Waals surface area (Å²) in [5.74, 6) is -1.03. The Morgan fingerprint density at radius 1 is 1.20 bits per heavy atom. The highest BCUT2D eigenvalue weighted by Crippen LogP contribution is 2.37. The maximum Gasteiger partial charge on any atom is 0.412 e. The molecule has 1 amide bonds. The minimum Gasteiger partial charge on any atom is -0.465 e. The third-order valence-electron chi connectivity index (χ3n) is 3.14. The number of hydrogen-bond donors (Lipinski definition) is 1. The van der Waals surface area contributed by atoms with Gasteiger partial charge in [0.15, 0.2) is 0 Å². The van der Waals surface area contributed by atoms with Crippen LogP contribution in [-0.2, 0) is 9.47 Å². The van der Waals surface area contributed by atoms with E-state index in [-0.39, 0.29) is 10.6 Å². The van der Waals surface area contributed by atoms with Crippen LogP contribution in [0.4, 0.5) is 14.2 Å². The number of nitrogens with one attached hydrogen (secondary N) is 1. The average Bonchev–Trinajstić information content (AvgIpc) is 2.87. The lowest BCUT2D eigenvalue weighted by molar-refractivity contribution is 0.0602. The van der Waals surface area contributed by atoms with Crippen LogP contribution < -0.4 is 5.32 Å². The third-order valence-corrected chi connectivity index (χ3v) is 4.23. The smallest absolute Gasteiger partial charge is 0.412 e. The molecule has 2 rings (SSSR count). The Morgan fingerprint density at radius 2 is 1.88 bits per heavy atom. The zero-order valence-electron chi connectivity index (χ0n) is 14.7. The fourth-order valence-corrected chi connectivity index (χ4v) is 3.15. The number of ether oxygens (including phenoxy) is 2. The van der Waals surface area contributed by atoms with Crippen molar-refractivity contribution in [3.63, 3.8) is 0 Å². The van der Waals surface area contributed by atoms with Gasteiger partial charge in [0.2, 0.25) is 0 Å². The molecule has 0 saturated carbocycles. The number of thiophene rings is 1. The van der Waals surface area contributed by atoms with Crippen molar-refractivity contribution in [1.29, 1.82) is 0 Å². The Balaban J connectivity index is 2.40. The Kier molecular flexibility index (Phi) is 5.47. The molecule has 0 unspecified atom stereocenters. The third kappa shape index (κ3) is 4.79. The molecule has 0 saturated heterocycles. The number of benzene rings is 1. The SMILES string of the molecule is COC(=O)c1cc(-c2ccc(C)cc2F)sc1NC(=O)OC(C)(C)C. The van der Waals surface area contributed by atoms with Crippen LogP contribution >= 0.6 is 11.3 Å². The number of halogens is 1. The topological polar surface area (TPSA) is 64.6 Å². The normalized spacial score (nSPS) is 11.1. The molecule has 1 aromatic heterocycles. The highest BCUT2D eigenvalue weighted by molar-refractivity contribution is 7.20. The van der Waals surface area contributed by atoms with Gasteiger partial charge in [0.1, 0.15) is 16.4 Å². The Morgan fingerprint density at radius 3 is 2.44 bits per heavy atom. The van der Waals surface area contributed by atoms with Gasteiger partial charge in [-0.3, -0.25) is 5.32 Å². The Bertz CT molecular complexity index is 808. The number of esters is 1. The summed E-state index contributed by atoms with van der Waals surface area (Å²) >= 11 is 1.08. The van der Waals surface area contributed by atoms with Crippen molar-refractivity contribution >= 4 is 28.4 Å². The van der Waals surface area contributed by atoms with Crippen molar-refractivity contribution in [2.75, 3.05) is 12.4 Å². The van der Waals surface area contributed by atoms with E-state index in [0.29, 0.717) is 10.4 Å². The van der Waals surface area contributed by atoms with Gasteiger partial charge in [-0.2, -0.15) is 0 Å². The fourth-order valence-electron chi connectivity index (χ4n) is 2.09. The summed E-state index contributed by atoms with van der Waals surface area (Å²) in [7, 11) is 1.24. The second-order valence-corrected chi connectivity index (χ2v) is 7.51. The van der Waals surface area contributed by atoms with Gasteiger partial charge < -0.3 is 9.47 Å². The predicted octanol–water partition coefficient (Wildman–Crippen LogP) is 5.00. The number of carbonyl (C=O) groups is 2. The van der Waals surface area contributed by atoms with E-state index in [1.54, 1.807) is 39.8 Å². The number of carbonyl (C=O) groups excluding carboxylic acids is 2. The molecule has 25 heavy (non-hydrogen) atoms. The number of amides is 1. The second kappa shape index (κ2) is 7.23. The number of hydrogen-bond acceptors (Lipinski definition) is 5. The van der Waals surface area contributed by atoms with Gasteiger partial charge in [0, 0.05) is 10.4 Å². The van der Waals surface area contributed by atoms with Gasteiger partial charge in [-0.1, -0.05) is 12.1 Å². The van der Waals surface area contributed by atoms with E-state index in [9.17, 15) is 14.0 Å². The van der Waals surface area contributed by atoms with Crippen molar-refractivity contribution in [3.05, 3.63) is 41.2 Å². The van der Waals surface area contributed by atoms with E-state index in [1.807, 2.05) is 0 Å². The zero-order chi connectivity index (χ0) is 18.8. The van der Waals surface area contributed by atoms with E-state index in [1.165, 1.54) is 19.2 Å². The Labute approximate surface area is 149 Å². The van der Waals surface area contributed by atoms with Crippen LogP contribution in [0.2, 0.25) is 0 Å². The molecule has 5 nitrogen and oxygen atoms in total. The number of methoxy groups -OCH3 is 1. The second-order valence-electron chi connectivity index (χ2n) is 6.46. The quantitative estimate of drug-likeness (QED) is 0.778. The number of rotatable bonds is 3.